The summed E-state index contributed by atoms with van der Waals surface area (Å²) in [4.78, 5) is 4.48. The van der Waals surface area contributed by atoms with Crippen molar-refractivity contribution in [1.29, 1.82) is 0 Å². The van der Waals surface area contributed by atoms with Gasteiger partial charge in [-0.05, 0) is 59.0 Å². The molecule has 1 aliphatic carbocycles. The van der Waals surface area contributed by atoms with Crippen LogP contribution in [0.2, 0.25) is 5.02 Å². The van der Waals surface area contributed by atoms with Gasteiger partial charge < -0.3 is 5.32 Å². The number of rotatable bonds is 2. The second kappa shape index (κ2) is 5.70. The van der Waals surface area contributed by atoms with Crippen molar-refractivity contribution in [3.8, 4) is 0 Å². The molecule has 104 valence electrons. The molecule has 1 N–H and O–H groups in total. The van der Waals surface area contributed by atoms with Crippen molar-refractivity contribution in [2.45, 2.75) is 25.3 Å². The number of benzene rings is 1. The van der Waals surface area contributed by atoms with Crippen LogP contribution in [0.5, 0.6) is 0 Å². The summed E-state index contributed by atoms with van der Waals surface area (Å²) in [5.41, 5.74) is 3.05. The summed E-state index contributed by atoms with van der Waals surface area (Å²) >= 11 is 9.49. The SMILES string of the molecule is Fc1cc(Cl)c(NC2CCCc3cccnc32)c(Br)c1. The molecule has 0 bridgehead atoms. The lowest BCUT2D eigenvalue weighted by Crippen LogP contribution is -2.19. The van der Waals surface area contributed by atoms with Crippen LogP contribution in [0.25, 0.3) is 0 Å². The van der Waals surface area contributed by atoms with Crippen molar-refractivity contribution in [3.63, 3.8) is 0 Å². The molecule has 0 saturated carbocycles. The molecule has 2 aromatic rings. The molecule has 0 aliphatic heterocycles. The molecule has 0 radical (unpaired) electrons. The predicted molar refractivity (Wildman–Crippen MR) is 82.6 cm³/mol. The number of hydrogen-bond donors (Lipinski definition) is 1. The molecule has 0 saturated heterocycles. The molecular weight excluding hydrogens is 343 g/mol. The van der Waals surface area contributed by atoms with E-state index in [2.05, 4.69) is 32.3 Å². The van der Waals surface area contributed by atoms with E-state index < -0.39 is 0 Å². The van der Waals surface area contributed by atoms with Crippen molar-refractivity contribution in [2.75, 3.05) is 5.32 Å². The Morgan fingerprint density at radius 1 is 1.40 bits per heavy atom. The van der Waals surface area contributed by atoms with Crippen LogP contribution >= 0.6 is 27.5 Å². The Balaban J connectivity index is 1.94. The topological polar surface area (TPSA) is 24.9 Å². The Bertz CT molecular complexity index is 625. The molecule has 1 aromatic carbocycles. The number of halogens is 3. The normalized spacial score (nSPS) is 17.6. The zero-order valence-corrected chi connectivity index (χ0v) is 13.0. The number of aromatic nitrogens is 1. The Kier molecular flexibility index (Phi) is 3.94. The number of pyridine rings is 1. The van der Waals surface area contributed by atoms with Crippen LogP contribution in [0.4, 0.5) is 10.1 Å². The minimum atomic E-state index is -0.352. The Hall–Kier alpha value is -1.13. The van der Waals surface area contributed by atoms with Crippen LogP contribution in [0.15, 0.2) is 34.9 Å². The van der Waals surface area contributed by atoms with Crippen molar-refractivity contribution in [1.82, 2.24) is 4.98 Å². The fraction of sp³-hybridized carbons (Fsp3) is 0.267. The number of anilines is 1. The molecule has 1 atom stereocenters. The Labute approximate surface area is 130 Å². The minimum absolute atomic E-state index is 0.110. The first-order valence-corrected chi connectivity index (χ1v) is 7.67. The molecule has 0 amide bonds. The van der Waals surface area contributed by atoms with Crippen molar-refractivity contribution in [3.05, 3.63) is 57.0 Å². The van der Waals surface area contributed by atoms with Gasteiger partial charge in [0.2, 0.25) is 0 Å². The first-order chi connectivity index (χ1) is 9.65. The van der Waals surface area contributed by atoms with Gasteiger partial charge in [-0.1, -0.05) is 17.7 Å². The predicted octanol–water partition coefficient (Wildman–Crippen LogP) is 5.13. The van der Waals surface area contributed by atoms with E-state index in [4.69, 9.17) is 11.6 Å². The van der Waals surface area contributed by atoms with Crippen LogP contribution in [0, 0.1) is 5.82 Å². The largest absolute Gasteiger partial charge is 0.375 e. The van der Waals surface area contributed by atoms with Gasteiger partial charge in [0.25, 0.3) is 0 Å². The standard InChI is InChI=1S/C15H13BrClFN2/c16-11-7-10(18)8-12(17)15(11)20-13-5-1-3-9-4-2-6-19-14(9)13/h2,4,6-8,13,20H,1,3,5H2. The lowest BCUT2D eigenvalue weighted by Gasteiger charge is -2.26. The summed E-state index contributed by atoms with van der Waals surface area (Å²) in [6.45, 7) is 0. The molecular formula is C15H13BrClFN2. The van der Waals surface area contributed by atoms with Gasteiger partial charge >= 0.3 is 0 Å². The zero-order valence-electron chi connectivity index (χ0n) is 10.7. The maximum atomic E-state index is 13.3. The van der Waals surface area contributed by atoms with E-state index in [0.717, 1.165) is 30.6 Å². The molecule has 1 unspecified atom stereocenters. The van der Waals surface area contributed by atoms with Gasteiger partial charge in [-0.2, -0.15) is 0 Å². The van der Waals surface area contributed by atoms with Crippen molar-refractivity contribution in [2.24, 2.45) is 0 Å². The van der Waals surface area contributed by atoms with Gasteiger partial charge in [-0.15, -0.1) is 0 Å². The van der Waals surface area contributed by atoms with Crippen LogP contribution < -0.4 is 5.32 Å². The molecule has 2 nitrogen and oxygen atoms in total. The van der Waals surface area contributed by atoms with Crippen LogP contribution in [-0.2, 0) is 6.42 Å². The lowest BCUT2D eigenvalue weighted by atomic mass is 9.92. The van der Waals surface area contributed by atoms with Gasteiger partial charge in [0.05, 0.1) is 22.4 Å². The monoisotopic (exact) mass is 354 g/mol. The number of aryl methyl sites for hydroxylation is 1. The average molecular weight is 356 g/mol. The maximum absolute atomic E-state index is 13.3. The number of fused-ring (bicyclic) bond motifs is 1. The molecule has 0 spiro atoms. The highest BCUT2D eigenvalue weighted by Crippen LogP contribution is 2.37. The summed E-state index contributed by atoms with van der Waals surface area (Å²) < 4.78 is 13.9. The second-order valence-electron chi connectivity index (χ2n) is 4.88. The van der Waals surface area contributed by atoms with Crippen LogP contribution in [-0.4, -0.2) is 4.98 Å². The molecule has 20 heavy (non-hydrogen) atoms. The lowest BCUT2D eigenvalue weighted by molar-refractivity contribution is 0.582. The van der Waals surface area contributed by atoms with Gasteiger partial charge in [0.15, 0.2) is 0 Å². The van der Waals surface area contributed by atoms with Gasteiger partial charge in [-0.25, -0.2) is 4.39 Å². The summed E-state index contributed by atoms with van der Waals surface area (Å²) in [5, 5.41) is 3.77. The summed E-state index contributed by atoms with van der Waals surface area (Å²) in [7, 11) is 0. The van der Waals surface area contributed by atoms with Crippen LogP contribution in [0.3, 0.4) is 0 Å². The number of nitrogens with zero attached hydrogens (tertiary/aromatic N) is 1. The molecule has 1 aliphatic rings. The van der Waals surface area contributed by atoms with E-state index in [1.165, 1.54) is 17.7 Å². The molecule has 3 rings (SSSR count). The van der Waals surface area contributed by atoms with E-state index >= 15 is 0 Å². The van der Waals surface area contributed by atoms with Gasteiger partial charge in [0, 0.05) is 10.7 Å². The van der Waals surface area contributed by atoms with Crippen LogP contribution in [0.1, 0.15) is 30.1 Å². The van der Waals surface area contributed by atoms with Crippen molar-refractivity contribution >= 4 is 33.2 Å². The van der Waals surface area contributed by atoms with E-state index in [9.17, 15) is 4.39 Å². The highest BCUT2D eigenvalue weighted by molar-refractivity contribution is 9.10. The highest BCUT2D eigenvalue weighted by atomic mass is 79.9. The molecule has 1 aromatic heterocycles. The first kappa shape index (κ1) is 13.8. The fourth-order valence-corrected chi connectivity index (χ4v) is 3.53. The summed E-state index contributed by atoms with van der Waals surface area (Å²) in [6.07, 6.45) is 4.96. The molecule has 5 heteroatoms. The third-order valence-electron chi connectivity index (χ3n) is 3.52. The third kappa shape index (κ3) is 2.67. The van der Waals surface area contributed by atoms with Gasteiger partial charge in [0.1, 0.15) is 5.82 Å². The quantitative estimate of drug-likeness (QED) is 0.808. The Morgan fingerprint density at radius 2 is 2.25 bits per heavy atom. The number of hydrogen-bond acceptors (Lipinski definition) is 2. The zero-order chi connectivity index (χ0) is 14.1. The second-order valence-corrected chi connectivity index (χ2v) is 6.14. The maximum Gasteiger partial charge on any atom is 0.125 e. The van der Waals surface area contributed by atoms with E-state index in [1.54, 1.807) is 6.20 Å². The smallest absolute Gasteiger partial charge is 0.125 e. The molecule has 0 fully saturated rings. The first-order valence-electron chi connectivity index (χ1n) is 6.50. The number of nitrogens with one attached hydrogen (secondary N) is 1. The van der Waals surface area contributed by atoms with E-state index in [0.29, 0.717) is 9.50 Å². The summed E-state index contributed by atoms with van der Waals surface area (Å²) in [6, 6.07) is 6.91. The van der Waals surface area contributed by atoms with E-state index in [1.807, 2.05) is 6.07 Å². The third-order valence-corrected chi connectivity index (χ3v) is 4.44. The fourth-order valence-electron chi connectivity index (χ4n) is 2.60. The minimum Gasteiger partial charge on any atom is -0.375 e. The average Bonchev–Trinajstić information content (AvgIpc) is 2.43. The Morgan fingerprint density at radius 3 is 3.05 bits per heavy atom. The molecule has 1 heterocycles. The van der Waals surface area contributed by atoms with Crippen molar-refractivity contribution < 1.29 is 4.39 Å². The summed E-state index contributed by atoms with van der Waals surface area (Å²) in [5.74, 6) is -0.352. The highest BCUT2D eigenvalue weighted by Gasteiger charge is 2.22. The van der Waals surface area contributed by atoms with E-state index in [-0.39, 0.29) is 11.9 Å². The van der Waals surface area contributed by atoms with Gasteiger partial charge in [-0.3, -0.25) is 4.98 Å².